The Labute approximate surface area is 328 Å². The first-order valence-corrected chi connectivity index (χ1v) is 20.6. The van der Waals surface area contributed by atoms with Crippen LogP contribution in [-0.2, 0) is 36.9 Å². The number of halogens is 2. The number of para-hydroxylation sites is 1. The number of ether oxygens (including phenoxy) is 2. The van der Waals surface area contributed by atoms with Crippen molar-refractivity contribution in [3.8, 4) is 0 Å². The molecule has 0 spiro atoms. The third-order valence-electron chi connectivity index (χ3n) is 9.85. The van der Waals surface area contributed by atoms with Crippen molar-refractivity contribution in [2.24, 2.45) is 0 Å². The summed E-state index contributed by atoms with van der Waals surface area (Å²) in [6.45, 7) is 2.24. The van der Waals surface area contributed by atoms with Gasteiger partial charge < -0.3 is 19.7 Å². The van der Waals surface area contributed by atoms with Crippen molar-refractivity contribution < 1.29 is 35.6 Å². The molecule has 1 fully saturated rings. The topological polar surface area (TPSA) is 163 Å². The third-order valence-corrected chi connectivity index (χ3v) is 10.4. The highest BCUT2D eigenvalue weighted by molar-refractivity contribution is 7.85. The van der Waals surface area contributed by atoms with E-state index in [9.17, 15) is 26.8 Å². The van der Waals surface area contributed by atoms with Crippen LogP contribution in [0, 0.1) is 6.92 Å². The Morgan fingerprint density at radius 2 is 1.88 bits per heavy atom. The van der Waals surface area contributed by atoms with Crippen LogP contribution in [0.25, 0.3) is 11.0 Å². The number of carbonyl (C=O) groups is 1. The van der Waals surface area contributed by atoms with Crippen molar-refractivity contribution in [3.63, 3.8) is 0 Å². The second-order valence-electron chi connectivity index (χ2n) is 14.1. The molecule has 0 bridgehead atoms. The first kappa shape index (κ1) is 39.8. The number of anilines is 5. The Morgan fingerprint density at radius 3 is 2.65 bits per heavy atom. The fourth-order valence-corrected chi connectivity index (χ4v) is 7.45. The average molecular weight is 807 g/mol. The molecule has 3 aromatic heterocycles. The van der Waals surface area contributed by atoms with Gasteiger partial charge in [0.2, 0.25) is 5.95 Å². The third kappa shape index (κ3) is 9.57. The number of carbonyl (C=O) groups excluding carboxylic acids is 1. The summed E-state index contributed by atoms with van der Waals surface area (Å²) in [6, 6.07) is 16.5. The van der Waals surface area contributed by atoms with Crippen LogP contribution in [0.15, 0.2) is 78.0 Å². The number of amides is 1. The zero-order chi connectivity index (χ0) is 40.2. The van der Waals surface area contributed by atoms with Crippen LogP contribution in [0.2, 0.25) is 0 Å². The molecule has 302 valence electrons. The minimum Gasteiger partial charge on any atom is -0.444 e. The van der Waals surface area contributed by atoms with Crippen molar-refractivity contribution in [2.75, 3.05) is 47.7 Å². The number of nitrogens with zero attached hydrogens (tertiary/aromatic N) is 7. The van der Waals surface area contributed by atoms with E-state index in [0.29, 0.717) is 29.1 Å². The lowest BCUT2D eigenvalue weighted by Gasteiger charge is -2.38. The van der Waals surface area contributed by atoms with Crippen molar-refractivity contribution >= 4 is 55.9 Å². The number of alkyl halides is 2. The highest BCUT2D eigenvalue weighted by atomic mass is 32.2. The van der Waals surface area contributed by atoms with Gasteiger partial charge in [-0.05, 0) is 55.9 Å². The highest BCUT2D eigenvalue weighted by Crippen LogP contribution is 2.40. The summed E-state index contributed by atoms with van der Waals surface area (Å²) < 4.78 is 71.6. The Balaban J connectivity index is 1.19. The van der Waals surface area contributed by atoms with Crippen LogP contribution in [-0.4, -0.2) is 77.3 Å². The van der Waals surface area contributed by atoms with E-state index in [2.05, 4.69) is 24.6 Å². The Hall–Kier alpha value is -5.46. The number of aryl methyl sites for hydroxylation is 2. The minimum atomic E-state index is -3.88. The molecular weight excluding hydrogens is 763 g/mol. The molecule has 0 saturated carbocycles. The second kappa shape index (κ2) is 17.0. The molecule has 57 heavy (non-hydrogen) atoms. The molecule has 2 aliphatic heterocycles. The molecule has 1 atom stereocenters. The summed E-state index contributed by atoms with van der Waals surface area (Å²) in [5.74, 6) is -3.09. The lowest BCUT2D eigenvalue weighted by atomic mass is 10.1. The summed E-state index contributed by atoms with van der Waals surface area (Å²) in [7, 11) is -3.88. The summed E-state index contributed by atoms with van der Waals surface area (Å²) in [6.07, 6.45) is 6.34. The monoisotopic (exact) mass is 806 g/mol. The molecule has 7 rings (SSSR count). The maximum atomic E-state index is 14.9. The van der Waals surface area contributed by atoms with Gasteiger partial charge in [-0.3, -0.25) is 18.4 Å². The van der Waals surface area contributed by atoms with Crippen LogP contribution in [0.5, 0.6) is 0 Å². The molecule has 1 N–H and O–H groups in total. The van der Waals surface area contributed by atoms with Crippen LogP contribution >= 0.6 is 0 Å². The maximum absolute atomic E-state index is 14.9. The van der Waals surface area contributed by atoms with E-state index in [1.807, 2.05) is 60.4 Å². The normalized spacial score (nSPS) is 16.1. The number of fused-ring (bicyclic) bond motifs is 2. The molecule has 1 saturated heterocycles. The summed E-state index contributed by atoms with van der Waals surface area (Å²) in [5.41, 5.74) is 3.39. The van der Waals surface area contributed by atoms with Crippen molar-refractivity contribution in [3.05, 3.63) is 94.7 Å². The van der Waals surface area contributed by atoms with Gasteiger partial charge in [0, 0.05) is 50.7 Å². The van der Waals surface area contributed by atoms with Gasteiger partial charge in [0.1, 0.15) is 24.2 Å². The predicted molar refractivity (Wildman–Crippen MR) is 210 cm³/mol. The van der Waals surface area contributed by atoms with E-state index in [1.165, 1.54) is 4.57 Å². The number of aromatic nitrogens is 5. The Bertz CT molecular complexity index is 2390. The summed E-state index contributed by atoms with van der Waals surface area (Å²) >= 11 is 0. The van der Waals surface area contributed by atoms with Gasteiger partial charge in [-0.2, -0.15) is 18.5 Å². The molecule has 2 aliphatic rings. The van der Waals surface area contributed by atoms with Crippen LogP contribution < -0.4 is 20.7 Å². The van der Waals surface area contributed by atoms with E-state index < -0.39 is 47.1 Å². The number of hydrogen-bond donors (Lipinski definition) is 1. The quantitative estimate of drug-likeness (QED) is 0.117. The van der Waals surface area contributed by atoms with Crippen molar-refractivity contribution in [2.45, 2.75) is 70.8 Å². The number of hydrogen-bond acceptors (Lipinski definition) is 12. The first-order valence-electron chi connectivity index (χ1n) is 18.8. The van der Waals surface area contributed by atoms with Gasteiger partial charge in [-0.15, -0.1) is 0 Å². The standard InChI is InChI=1S/C39H44F2N8O7S/c1-27-10-8-13-31-34(27)47(38(51)55-26-28-11-4-3-5-12-28)19-18-46(31)32-22-29-23-42-37(44-30-24-43-49(25-30)33-14-6-7-20-54-33)45-35(29)48(36(32)50)17-9-15-39(40,41)16-21-56-57(2,52)53/h3-5,8,10-13,22-25,33H,6-7,9,14-21,26H2,1-2H3,(H,42,44,45). The van der Waals surface area contributed by atoms with Gasteiger partial charge in [0.05, 0.1) is 42.3 Å². The summed E-state index contributed by atoms with van der Waals surface area (Å²) in [4.78, 5) is 40.6. The largest absolute Gasteiger partial charge is 0.444 e. The van der Waals surface area contributed by atoms with Gasteiger partial charge in [-0.1, -0.05) is 42.5 Å². The SMILES string of the molecule is Cc1cccc2c1N(C(=O)OCc1ccccc1)CCN2c1cc2cnc(Nc3cnn(C4CCCCO4)c3)nc2n(CCCC(F)(F)CCOS(C)(=O)=O)c1=O. The number of rotatable bonds is 14. The van der Waals surface area contributed by atoms with Crippen LogP contribution in [0.3, 0.4) is 0 Å². The lowest BCUT2D eigenvalue weighted by molar-refractivity contribution is -0.0394. The van der Waals surface area contributed by atoms with E-state index in [1.54, 1.807) is 34.2 Å². The molecule has 0 aliphatic carbocycles. The molecule has 5 heterocycles. The van der Waals surface area contributed by atoms with E-state index >= 15 is 0 Å². The zero-order valence-electron chi connectivity index (χ0n) is 31.6. The smallest absolute Gasteiger partial charge is 0.414 e. The molecular formula is C39H44F2N8O7S. The van der Waals surface area contributed by atoms with Gasteiger partial charge >= 0.3 is 6.09 Å². The zero-order valence-corrected chi connectivity index (χ0v) is 32.5. The lowest BCUT2D eigenvalue weighted by Crippen LogP contribution is -2.44. The van der Waals surface area contributed by atoms with Gasteiger partial charge in [0.25, 0.3) is 21.6 Å². The molecule has 15 nitrogen and oxygen atoms in total. The van der Waals surface area contributed by atoms with E-state index in [-0.39, 0.29) is 56.2 Å². The number of benzene rings is 2. The molecule has 2 aromatic carbocycles. The first-order chi connectivity index (χ1) is 27.3. The van der Waals surface area contributed by atoms with E-state index in [4.69, 9.17) is 9.47 Å². The Morgan fingerprint density at radius 1 is 1.05 bits per heavy atom. The van der Waals surface area contributed by atoms with Crippen LogP contribution in [0.4, 0.5) is 42.3 Å². The van der Waals surface area contributed by atoms with Crippen LogP contribution in [0.1, 0.15) is 55.9 Å². The summed E-state index contributed by atoms with van der Waals surface area (Å²) in [5, 5.41) is 8.04. The Kier molecular flexibility index (Phi) is 11.8. The maximum Gasteiger partial charge on any atom is 0.414 e. The van der Waals surface area contributed by atoms with Gasteiger partial charge in [-0.25, -0.2) is 23.2 Å². The fraction of sp³-hybridized carbons (Fsp3) is 0.410. The minimum absolute atomic E-state index is 0.0916. The van der Waals surface area contributed by atoms with Gasteiger partial charge in [0.15, 0.2) is 0 Å². The molecule has 1 unspecified atom stereocenters. The average Bonchev–Trinajstić information content (AvgIpc) is 3.66. The number of nitrogens with one attached hydrogen (secondary N) is 1. The molecule has 5 aromatic rings. The fourth-order valence-electron chi connectivity index (χ4n) is 7.06. The van der Waals surface area contributed by atoms with E-state index in [0.717, 1.165) is 36.6 Å². The van der Waals surface area contributed by atoms with Crippen molar-refractivity contribution in [1.29, 1.82) is 0 Å². The second-order valence-corrected chi connectivity index (χ2v) is 15.8. The van der Waals surface area contributed by atoms with Crippen molar-refractivity contribution in [1.82, 2.24) is 24.3 Å². The highest BCUT2D eigenvalue weighted by Gasteiger charge is 2.33. The molecule has 1 amide bonds. The number of pyridine rings is 1. The molecule has 18 heteroatoms. The predicted octanol–water partition coefficient (Wildman–Crippen LogP) is 6.82. The molecule has 0 radical (unpaired) electrons.